The van der Waals surface area contributed by atoms with Crippen molar-refractivity contribution in [2.45, 2.75) is 25.5 Å². The number of cyclic esters (lactones) is 1. The second-order valence-electron chi connectivity index (χ2n) is 5.72. The highest BCUT2D eigenvalue weighted by Crippen LogP contribution is 2.42. The van der Waals surface area contributed by atoms with E-state index in [2.05, 4.69) is 19.2 Å². The largest absolute Gasteiger partial charge is 0.431 e. The highest BCUT2D eigenvalue weighted by Gasteiger charge is 2.52. The fourth-order valence-corrected chi connectivity index (χ4v) is 3.12. The molecule has 1 unspecified atom stereocenters. The molecule has 0 radical (unpaired) electrons. The number of carbonyl (C=O) groups excluding carboxylic acids is 1. The maximum absolute atomic E-state index is 12.0. The number of amides is 1. The van der Waals surface area contributed by atoms with Gasteiger partial charge in [-0.05, 0) is 5.92 Å². The van der Waals surface area contributed by atoms with Gasteiger partial charge in [0.05, 0.1) is 6.04 Å². The van der Waals surface area contributed by atoms with E-state index in [1.807, 2.05) is 60.7 Å². The maximum Gasteiger partial charge on any atom is 0.408 e. The van der Waals surface area contributed by atoms with E-state index in [1.54, 1.807) is 0 Å². The minimum atomic E-state index is -0.770. The van der Waals surface area contributed by atoms with Crippen molar-refractivity contribution >= 4 is 6.09 Å². The molecule has 108 valence electrons. The number of ether oxygens (including phenoxy) is 1. The maximum atomic E-state index is 12.0. The van der Waals surface area contributed by atoms with Crippen LogP contribution in [0.2, 0.25) is 0 Å². The Balaban J connectivity index is 2.23. The lowest BCUT2D eigenvalue weighted by Gasteiger charge is -2.35. The molecular weight excluding hydrogens is 262 g/mol. The zero-order chi connectivity index (χ0) is 14.9. The van der Waals surface area contributed by atoms with Gasteiger partial charge in [-0.3, -0.25) is 0 Å². The minimum Gasteiger partial charge on any atom is -0.431 e. The molecule has 3 heteroatoms. The molecule has 21 heavy (non-hydrogen) atoms. The molecule has 0 aliphatic carbocycles. The molecule has 0 aromatic heterocycles. The Morgan fingerprint density at radius 3 is 1.86 bits per heavy atom. The van der Waals surface area contributed by atoms with Crippen LogP contribution < -0.4 is 5.32 Å². The Bertz CT molecular complexity index is 583. The first kappa shape index (κ1) is 13.7. The van der Waals surface area contributed by atoms with Crippen LogP contribution in [0.3, 0.4) is 0 Å². The average Bonchev–Trinajstić information content (AvgIpc) is 2.88. The summed E-state index contributed by atoms with van der Waals surface area (Å²) in [6.45, 7) is 4.19. The molecule has 0 saturated carbocycles. The van der Waals surface area contributed by atoms with Gasteiger partial charge < -0.3 is 10.1 Å². The van der Waals surface area contributed by atoms with Gasteiger partial charge in [-0.1, -0.05) is 74.5 Å². The number of rotatable bonds is 3. The van der Waals surface area contributed by atoms with Crippen LogP contribution in [0.5, 0.6) is 0 Å². The molecule has 3 nitrogen and oxygen atoms in total. The van der Waals surface area contributed by atoms with Crippen molar-refractivity contribution in [1.29, 1.82) is 0 Å². The molecule has 1 heterocycles. The third-order valence-corrected chi connectivity index (χ3v) is 4.04. The Kier molecular flexibility index (Phi) is 3.42. The fraction of sp³-hybridized carbons (Fsp3) is 0.278. The lowest BCUT2D eigenvalue weighted by atomic mass is 9.76. The van der Waals surface area contributed by atoms with Crippen LogP contribution in [0.1, 0.15) is 25.0 Å². The molecule has 1 saturated heterocycles. The summed E-state index contributed by atoms with van der Waals surface area (Å²) in [5.74, 6) is 0.247. The number of benzene rings is 2. The van der Waals surface area contributed by atoms with Crippen molar-refractivity contribution in [2.75, 3.05) is 0 Å². The highest BCUT2D eigenvalue weighted by molar-refractivity contribution is 5.73. The summed E-state index contributed by atoms with van der Waals surface area (Å²) < 4.78 is 5.84. The summed E-state index contributed by atoms with van der Waals surface area (Å²) in [4.78, 5) is 12.0. The normalized spacial score (nSPS) is 20.1. The van der Waals surface area contributed by atoms with Crippen LogP contribution in [0.15, 0.2) is 60.7 Å². The van der Waals surface area contributed by atoms with E-state index in [1.165, 1.54) is 0 Å². The van der Waals surface area contributed by atoms with Gasteiger partial charge >= 0.3 is 6.09 Å². The SMILES string of the molecule is CC(C)C1NC(=O)OC1(c1ccccc1)c1ccccc1. The first-order chi connectivity index (χ1) is 10.1. The molecule has 1 aliphatic heterocycles. The zero-order valence-corrected chi connectivity index (χ0v) is 12.2. The quantitative estimate of drug-likeness (QED) is 0.931. The Morgan fingerprint density at radius 2 is 1.43 bits per heavy atom. The van der Waals surface area contributed by atoms with Gasteiger partial charge in [0.1, 0.15) is 0 Å². The fourth-order valence-electron chi connectivity index (χ4n) is 3.12. The Labute approximate surface area is 124 Å². The Morgan fingerprint density at radius 1 is 0.952 bits per heavy atom. The van der Waals surface area contributed by atoms with E-state index in [0.29, 0.717) is 0 Å². The molecule has 3 rings (SSSR count). The van der Waals surface area contributed by atoms with Crippen molar-refractivity contribution in [3.8, 4) is 0 Å². The summed E-state index contributed by atoms with van der Waals surface area (Å²) >= 11 is 0. The predicted molar refractivity (Wildman–Crippen MR) is 81.9 cm³/mol. The van der Waals surface area contributed by atoms with E-state index in [0.717, 1.165) is 11.1 Å². The summed E-state index contributed by atoms with van der Waals surface area (Å²) in [6.07, 6.45) is -0.360. The third-order valence-electron chi connectivity index (χ3n) is 4.04. The van der Waals surface area contributed by atoms with Crippen molar-refractivity contribution in [3.63, 3.8) is 0 Å². The predicted octanol–water partition coefficient (Wildman–Crippen LogP) is 3.69. The first-order valence-electron chi connectivity index (χ1n) is 7.25. The van der Waals surface area contributed by atoms with Gasteiger partial charge in [0, 0.05) is 11.1 Å². The Hall–Kier alpha value is -2.29. The summed E-state index contributed by atoms with van der Waals surface area (Å²) in [7, 11) is 0. The van der Waals surface area contributed by atoms with E-state index >= 15 is 0 Å². The van der Waals surface area contributed by atoms with Crippen LogP contribution in [0.4, 0.5) is 4.79 Å². The highest BCUT2D eigenvalue weighted by atomic mass is 16.6. The molecule has 2 aromatic carbocycles. The van der Waals surface area contributed by atoms with E-state index in [9.17, 15) is 4.79 Å². The standard InChI is InChI=1S/C18H19NO2/c1-13(2)16-18(21-17(20)19-16,14-9-5-3-6-10-14)15-11-7-4-8-12-15/h3-13,16H,1-2H3,(H,19,20). The van der Waals surface area contributed by atoms with Crippen LogP contribution in [0.25, 0.3) is 0 Å². The van der Waals surface area contributed by atoms with Gasteiger partial charge in [-0.15, -0.1) is 0 Å². The monoisotopic (exact) mass is 281 g/mol. The molecular formula is C18H19NO2. The third kappa shape index (κ3) is 2.19. The van der Waals surface area contributed by atoms with Crippen LogP contribution in [-0.4, -0.2) is 12.1 Å². The summed E-state index contributed by atoms with van der Waals surface area (Å²) in [6, 6.07) is 19.8. The second kappa shape index (κ2) is 5.24. The molecule has 1 N–H and O–H groups in total. The average molecular weight is 281 g/mol. The summed E-state index contributed by atoms with van der Waals surface area (Å²) in [5.41, 5.74) is 1.22. The van der Waals surface area contributed by atoms with Gasteiger partial charge in [0.15, 0.2) is 5.60 Å². The molecule has 1 fully saturated rings. The minimum absolute atomic E-state index is 0.102. The number of carbonyl (C=O) groups is 1. The number of hydrogen-bond donors (Lipinski definition) is 1. The lowest BCUT2D eigenvalue weighted by Crippen LogP contribution is -2.45. The van der Waals surface area contributed by atoms with Gasteiger partial charge in [-0.25, -0.2) is 4.79 Å². The topological polar surface area (TPSA) is 38.3 Å². The molecule has 1 amide bonds. The number of alkyl carbamates (subject to hydrolysis) is 1. The second-order valence-corrected chi connectivity index (χ2v) is 5.72. The summed E-state index contributed by atoms with van der Waals surface area (Å²) in [5, 5.41) is 2.98. The lowest BCUT2D eigenvalue weighted by molar-refractivity contribution is 0.0584. The van der Waals surface area contributed by atoms with E-state index in [-0.39, 0.29) is 18.1 Å². The van der Waals surface area contributed by atoms with Crippen molar-refractivity contribution in [2.24, 2.45) is 5.92 Å². The van der Waals surface area contributed by atoms with E-state index < -0.39 is 5.60 Å². The van der Waals surface area contributed by atoms with E-state index in [4.69, 9.17) is 4.74 Å². The molecule has 2 aromatic rings. The van der Waals surface area contributed by atoms with Gasteiger partial charge in [-0.2, -0.15) is 0 Å². The van der Waals surface area contributed by atoms with Crippen LogP contribution in [-0.2, 0) is 10.3 Å². The molecule has 1 atom stereocenters. The van der Waals surface area contributed by atoms with Crippen LogP contribution >= 0.6 is 0 Å². The molecule has 0 spiro atoms. The van der Waals surface area contributed by atoms with Crippen molar-refractivity contribution < 1.29 is 9.53 Å². The zero-order valence-electron chi connectivity index (χ0n) is 12.2. The molecule has 0 bridgehead atoms. The first-order valence-corrected chi connectivity index (χ1v) is 7.25. The molecule has 1 aliphatic rings. The number of nitrogens with one attached hydrogen (secondary N) is 1. The van der Waals surface area contributed by atoms with Crippen LogP contribution in [0, 0.1) is 5.92 Å². The van der Waals surface area contributed by atoms with Gasteiger partial charge in [0.2, 0.25) is 0 Å². The van der Waals surface area contributed by atoms with Crippen molar-refractivity contribution in [3.05, 3.63) is 71.8 Å². The smallest absolute Gasteiger partial charge is 0.408 e. The van der Waals surface area contributed by atoms with Crippen molar-refractivity contribution in [1.82, 2.24) is 5.32 Å². The van der Waals surface area contributed by atoms with Gasteiger partial charge in [0.25, 0.3) is 0 Å². The number of hydrogen-bond acceptors (Lipinski definition) is 2.